The van der Waals surface area contributed by atoms with E-state index in [1.807, 2.05) is 6.07 Å². The minimum Gasteiger partial charge on any atom is -0.397 e. The zero-order valence-corrected chi connectivity index (χ0v) is 16.4. The Hall–Kier alpha value is -1.55. The molecule has 0 bridgehead atoms. The van der Waals surface area contributed by atoms with Crippen molar-refractivity contribution in [2.75, 3.05) is 30.7 Å². The molecule has 2 unspecified atom stereocenters. The molecule has 1 aromatic rings. The highest BCUT2D eigenvalue weighted by Gasteiger charge is 2.38. The van der Waals surface area contributed by atoms with Crippen LogP contribution in [0.1, 0.15) is 65.4 Å². The van der Waals surface area contributed by atoms with Crippen molar-refractivity contribution in [3.63, 3.8) is 0 Å². The average Bonchev–Trinajstić information content (AvgIpc) is 2.56. The quantitative estimate of drug-likeness (QED) is 0.568. The Bertz CT molecular complexity index is 587. The molecule has 1 aliphatic rings. The van der Waals surface area contributed by atoms with Crippen LogP contribution in [0.5, 0.6) is 0 Å². The summed E-state index contributed by atoms with van der Waals surface area (Å²) in [5, 5.41) is 2.86. The SMILES string of the molecule is CCCCCCN1CCC(C)(c2ccc(N)c(NC(C)=O)c2)C(C)C1. The van der Waals surface area contributed by atoms with E-state index < -0.39 is 0 Å². The highest BCUT2D eigenvalue weighted by atomic mass is 16.1. The normalized spacial score (nSPS) is 24.2. The van der Waals surface area contributed by atoms with E-state index in [0.717, 1.165) is 25.2 Å². The maximum atomic E-state index is 11.4. The van der Waals surface area contributed by atoms with Crippen LogP contribution in [-0.2, 0) is 10.2 Å². The summed E-state index contributed by atoms with van der Waals surface area (Å²) in [6.07, 6.45) is 6.44. The lowest BCUT2D eigenvalue weighted by molar-refractivity contribution is -0.114. The fraction of sp³-hybridized carbons (Fsp3) is 0.667. The van der Waals surface area contributed by atoms with Crippen molar-refractivity contribution in [2.45, 2.75) is 65.2 Å². The van der Waals surface area contributed by atoms with Gasteiger partial charge in [-0.2, -0.15) is 0 Å². The van der Waals surface area contributed by atoms with E-state index in [4.69, 9.17) is 5.73 Å². The van der Waals surface area contributed by atoms with Crippen LogP contribution >= 0.6 is 0 Å². The van der Waals surface area contributed by atoms with Gasteiger partial charge in [-0.3, -0.25) is 4.79 Å². The van der Waals surface area contributed by atoms with E-state index >= 15 is 0 Å². The number of hydrogen-bond acceptors (Lipinski definition) is 3. The molecule has 1 fully saturated rings. The molecule has 2 atom stereocenters. The van der Waals surface area contributed by atoms with E-state index in [1.54, 1.807) is 0 Å². The lowest BCUT2D eigenvalue weighted by Crippen LogP contribution is -2.47. The molecule has 3 N–H and O–H groups in total. The third kappa shape index (κ3) is 4.97. The zero-order valence-electron chi connectivity index (χ0n) is 16.4. The number of nitrogens with zero attached hydrogens (tertiary/aromatic N) is 1. The van der Waals surface area contributed by atoms with Gasteiger partial charge < -0.3 is 16.0 Å². The van der Waals surface area contributed by atoms with Crippen LogP contribution in [0.3, 0.4) is 0 Å². The number of nitrogen functional groups attached to an aromatic ring is 1. The minimum absolute atomic E-state index is 0.0797. The van der Waals surface area contributed by atoms with Gasteiger partial charge in [0.25, 0.3) is 0 Å². The molecule has 0 aromatic heterocycles. The van der Waals surface area contributed by atoms with Crippen molar-refractivity contribution in [1.29, 1.82) is 0 Å². The summed E-state index contributed by atoms with van der Waals surface area (Å²) >= 11 is 0. The summed E-state index contributed by atoms with van der Waals surface area (Å²) in [5.74, 6) is 0.491. The molecule has 1 saturated heterocycles. The number of carbonyl (C=O) groups is 1. The summed E-state index contributed by atoms with van der Waals surface area (Å²) in [6.45, 7) is 12.0. The molecule has 1 heterocycles. The molecule has 0 radical (unpaired) electrons. The number of carbonyl (C=O) groups excluding carboxylic acids is 1. The zero-order chi connectivity index (χ0) is 18.4. The van der Waals surface area contributed by atoms with Gasteiger partial charge in [0, 0.05) is 13.5 Å². The van der Waals surface area contributed by atoms with Gasteiger partial charge in [0.05, 0.1) is 11.4 Å². The molecule has 0 saturated carbocycles. The summed E-state index contributed by atoms with van der Waals surface area (Å²) in [4.78, 5) is 14.0. The van der Waals surface area contributed by atoms with Gasteiger partial charge in [-0.25, -0.2) is 0 Å². The van der Waals surface area contributed by atoms with Crippen LogP contribution in [0.15, 0.2) is 18.2 Å². The van der Waals surface area contributed by atoms with Gasteiger partial charge in [-0.1, -0.05) is 46.1 Å². The van der Waals surface area contributed by atoms with Crippen molar-refractivity contribution >= 4 is 17.3 Å². The second-order valence-corrected chi connectivity index (χ2v) is 7.91. The topological polar surface area (TPSA) is 58.4 Å². The molecule has 4 nitrogen and oxygen atoms in total. The molecule has 1 amide bonds. The number of rotatable bonds is 7. The first-order chi connectivity index (χ1) is 11.9. The maximum absolute atomic E-state index is 11.4. The Balaban J connectivity index is 2.05. The van der Waals surface area contributed by atoms with Crippen LogP contribution < -0.4 is 11.1 Å². The van der Waals surface area contributed by atoms with Crippen molar-refractivity contribution in [1.82, 2.24) is 4.90 Å². The highest BCUT2D eigenvalue weighted by Crippen LogP contribution is 2.41. The lowest BCUT2D eigenvalue weighted by Gasteiger charge is -2.45. The molecule has 1 aliphatic heterocycles. The molecule has 4 heteroatoms. The molecule has 25 heavy (non-hydrogen) atoms. The molecule has 0 aliphatic carbocycles. The van der Waals surface area contributed by atoms with Crippen molar-refractivity contribution in [2.24, 2.45) is 5.92 Å². The fourth-order valence-corrected chi connectivity index (χ4v) is 3.92. The van der Waals surface area contributed by atoms with Crippen molar-refractivity contribution < 1.29 is 4.79 Å². The summed E-state index contributed by atoms with van der Waals surface area (Å²) < 4.78 is 0. The number of hydrogen-bond donors (Lipinski definition) is 2. The Morgan fingerprint density at radius 2 is 2.12 bits per heavy atom. The van der Waals surface area contributed by atoms with Crippen LogP contribution in [0.25, 0.3) is 0 Å². The van der Waals surface area contributed by atoms with Crippen LogP contribution in [-0.4, -0.2) is 30.4 Å². The third-order valence-corrected chi connectivity index (χ3v) is 5.92. The third-order valence-electron chi connectivity index (χ3n) is 5.92. The van der Waals surface area contributed by atoms with E-state index in [2.05, 4.69) is 43.1 Å². The predicted octanol–water partition coefficient (Wildman–Crippen LogP) is 4.41. The first-order valence-corrected chi connectivity index (χ1v) is 9.76. The minimum atomic E-state index is -0.0797. The van der Waals surface area contributed by atoms with Gasteiger partial charge in [-0.15, -0.1) is 0 Å². The Morgan fingerprint density at radius 3 is 2.76 bits per heavy atom. The van der Waals surface area contributed by atoms with Gasteiger partial charge in [-0.05, 0) is 55.0 Å². The second kappa shape index (κ2) is 8.70. The largest absolute Gasteiger partial charge is 0.397 e. The standard InChI is InChI=1S/C21H35N3O/c1-5-6-7-8-12-24-13-11-21(4,16(2)15-24)18-9-10-19(22)20(14-18)23-17(3)25/h9-10,14,16H,5-8,11-13,15,22H2,1-4H3,(H,23,25). The number of benzene rings is 1. The monoisotopic (exact) mass is 345 g/mol. The van der Waals surface area contributed by atoms with E-state index in [1.165, 1.54) is 44.7 Å². The number of anilines is 2. The summed E-state index contributed by atoms with van der Waals surface area (Å²) in [5.41, 5.74) is 8.80. The molecule has 140 valence electrons. The smallest absolute Gasteiger partial charge is 0.221 e. The average molecular weight is 346 g/mol. The van der Waals surface area contributed by atoms with Crippen LogP contribution in [0, 0.1) is 5.92 Å². The first-order valence-electron chi connectivity index (χ1n) is 9.76. The number of nitrogens with one attached hydrogen (secondary N) is 1. The fourth-order valence-electron chi connectivity index (χ4n) is 3.92. The number of unbranched alkanes of at least 4 members (excludes halogenated alkanes) is 3. The Kier molecular flexibility index (Phi) is 6.88. The van der Waals surface area contributed by atoms with E-state index in [-0.39, 0.29) is 11.3 Å². The Labute approximate surface area is 153 Å². The van der Waals surface area contributed by atoms with Gasteiger partial charge in [0.2, 0.25) is 5.91 Å². The highest BCUT2D eigenvalue weighted by molar-refractivity contribution is 5.92. The van der Waals surface area contributed by atoms with Crippen molar-refractivity contribution in [3.8, 4) is 0 Å². The molecule has 1 aromatic carbocycles. The lowest BCUT2D eigenvalue weighted by atomic mass is 9.68. The molecular weight excluding hydrogens is 310 g/mol. The number of piperidine rings is 1. The summed E-state index contributed by atoms with van der Waals surface area (Å²) in [7, 11) is 0. The predicted molar refractivity (Wildman–Crippen MR) is 107 cm³/mol. The molecular formula is C21H35N3O. The maximum Gasteiger partial charge on any atom is 0.221 e. The number of nitrogens with two attached hydrogens (primary N) is 1. The number of likely N-dealkylation sites (tertiary alicyclic amines) is 1. The van der Waals surface area contributed by atoms with Gasteiger partial charge in [0.15, 0.2) is 0 Å². The van der Waals surface area contributed by atoms with Crippen LogP contribution in [0.2, 0.25) is 0 Å². The van der Waals surface area contributed by atoms with Gasteiger partial charge >= 0.3 is 0 Å². The number of amides is 1. The van der Waals surface area contributed by atoms with E-state index in [9.17, 15) is 4.79 Å². The van der Waals surface area contributed by atoms with Crippen molar-refractivity contribution in [3.05, 3.63) is 23.8 Å². The first kappa shape index (κ1) is 19.8. The Morgan fingerprint density at radius 1 is 1.36 bits per heavy atom. The van der Waals surface area contributed by atoms with E-state index in [0.29, 0.717) is 11.6 Å². The molecule has 0 spiro atoms. The summed E-state index contributed by atoms with van der Waals surface area (Å²) in [6, 6.07) is 6.13. The van der Waals surface area contributed by atoms with Gasteiger partial charge in [0.1, 0.15) is 0 Å². The molecule has 2 rings (SSSR count). The second-order valence-electron chi connectivity index (χ2n) is 7.91. The van der Waals surface area contributed by atoms with Crippen LogP contribution in [0.4, 0.5) is 11.4 Å².